The van der Waals surface area contributed by atoms with Crippen molar-refractivity contribution in [2.75, 3.05) is 32.6 Å². The summed E-state index contributed by atoms with van der Waals surface area (Å²) in [5.41, 5.74) is 0. The molecule has 2 rings (SSSR count). The summed E-state index contributed by atoms with van der Waals surface area (Å²) in [4.78, 5) is 1.53. The minimum atomic E-state index is 0. The van der Waals surface area contributed by atoms with Crippen LogP contribution >= 0.6 is 15.8 Å². The maximum Gasteiger partial charge on any atom is 0.154 e. The van der Waals surface area contributed by atoms with Crippen molar-refractivity contribution in [1.29, 1.82) is 0 Å². The van der Waals surface area contributed by atoms with E-state index in [1.807, 2.05) is 36.4 Å². The van der Waals surface area contributed by atoms with E-state index >= 15 is 0 Å². The Kier molecular flexibility index (Phi) is 15.0. The van der Waals surface area contributed by atoms with Gasteiger partial charge in [0.2, 0.25) is 0 Å². The smallest absolute Gasteiger partial charge is 0.154 e. The van der Waals surface area contributed by atoms with Crippen LogP contribution in [0, 0.1) is 0 Å². The molecule has 2 aromatic carbocycles. The van der Waals surface area contributed by atoms with Crippen molar-refractivity contribution < 1.29 is 42.1 Å². The zero-order valence-electron chi connectivity index (χ0n) is 12.6. The molecule has 0 saturated heterocycles. The number of benzene rings is 2. The van der Waals surface area contributed by atoms with Crippen LogP contribution in [0.3, 0.4) is 0 Å². The van der Waals surface area contributed by atoms with Crippen LogP contribution in [0.5, 0.6) is 0 Å². The van der Waals surface area contributed by atoms with Crippen LogP contribution in [0.25, 0.3) is 10.8 Å². The van der Waals surface area contributed by atoms with Gasteiger partial charge in [0.25, 0.3) is 0 Å². The van der Waals surface area contributed by atoms with Crippen LogP contribution in [0.2, 0.25) is 0 Å². The molecular formula is C15H22P2Pt2S2. The first kappa shape index (κ1) is 24.6. The maximum absolute atomic E-state index is 5.08. The monoisotopic (exact) mass is 718 g/mol. The Balaban J connectivity index is 0. The fourth-order valence-corrected chi connectivity index (χ4v) is 7.93. The summed E-state index contributed by atoms with van der Waals surface area (Å²) in [6.07, 6.45) is 0. The third kappa shape index (κ3) is 9.97. The van der Waals surface area contributed by atoms with Gasteiger partial charge in [-0.2, -0.15) is 9.79 Å². The van der Waals surface area contributed by atoms with Gasteiger partial charge in [0.1, 0.15) is 0 Å². The van der Waals surface area contributed by atoms with Crippen molar-refractivity contribution in [2.24, 2.45) is 0 Å². The molecule has 0 radical (unpaired) electrons. The van der Waals surface area contributed by atoms with Crippen molar-refractivity contribution in [3.05, 3.63) is 36.4 Å². The summed E-state index contributed by atoms with van der Waals surface area (Å²) in [6, 6.07) is 12.0. The zero-order chi connectivity index (χ0) is 14.4. The molecule has 0 aliphatic carbocycles. The van der Waals surface area contributed by atoms with Crippen molar-refractivity contribution in [2.45, 2.75) is 9.79 Å². The number of rotatable bonds is 2. The first-order valence-electron chi connectivity index (χ1n) is 6.35. The number of fused-ring (bicyclic) bond motifs is 1. The molecule has 0 N–H and O–H groups in total. The van der Waals surface area contributed by atoms with Crippen LogP contribution in [0.1, 0.15) is 0 Å². The van der Waals surface area contributed by atoms with Crippen molar-refractivity contribution in [1.82, 2.24) is 0 Å². The van der Waals surface area contributed by atoms with Gasteiger partial charge in [-0.15, -0.1) is 0 Å². The minimum Gasteiger partial charge on any atom is -0.781 e. The molecule has 0 unspecified atom stereocenters. The van der Waals surface area contributed by atoms with E-state index in [9.17, 15) is 0 Å². The zero-order valence-corrected chi connectivity index (χ0v) is 20.8. The SMILES string of the molecule is C[PH+](C)C[PH+](C)C.[Pt].[Pt].[S-]c1cc2ccccc2cc1[S-]. The Morgan fingerprint density at radius 1 is 0.762 bits per heavy atom. The van der Waals surface area contributed by atoms with Gasteiger partial charge in [-0.1, -0.05) is 36.4 Å². The second kappa shape index (κ2) is 12.8. The predicted molar refractivity (Wildman–Crippen MR) is 100 cm³/mol. The van der Waals surface area contributed by atoms with Gasteiger partial charge in [0.15, 0.2) is 5.90 Å². The molecule has 2 aromatic rings. The third-order valence-electron chi connectivity index (χ3n) is 2.52. The Hall–Kier alpha value is 1.38. The second-order valence-corrected chi connectivity index (χ2v) is 12.4. The molecule has 0 saturated carbocycles. The van der Waals surface area contributed by atoms with Crippen LogP contribution < -0.4 is 0 Å². The summed E-state index contributed by atoms with van der Waals surface area (Å²) >= 11 is 10.2. The Morgan fingerprint density at radius 2 is 1.10 bits per heavy atom. The molecule has 0 amide bonds. The van der Waals surface area contributed by atoms with Crippen LogP contribution in [-0.2, 0) is 67.4 Å². The molecule has 0 aromatic heterocycles. The van der Waals surface area contributed by atoms with Gasteiger partial charge in [-0.25, -0.2) is 0 Å². The van der Waals surface area contributed by atoms with Gasteiger partial charge in [0, 0.05) is 84.6 Å². The third-order valence-corrected chi connectivity index (χ3v) is 8.98. The second-order valence-electron chi connectivity index (χ2n) is 5.24. The quantitative estimate of drug-likeness (QED) is 0.331. The Labute approximate surface area is 171 Å². The van der Waals surface area contributed by atoms with Crippen molar-refractivity contribution >= 4 is 51.9 Å². The summed E-state index contributed by atoms with van der Waals surface area (Å²) in [6.45, 7) is 9.56. The molecule has 0 heterocycles. The van der Waals surface area contributed by atoms with Crippen LogP contribution in [0.15, 0.2) is 46.2 Å². The summed E-state index contributed by atoms with van der Waals surface area (Å²) in [5.74, 6) is 1.56. The van der Waals surface area contributed by atoms with Gasteiger partial charge in [0.05, 0.1) is 0 Å². The summed E-state index contributed by atoms with van der Waals surface area (Å²) < 4.78 is 0. The van der Waals surface area contributed by atoms with E-state index in [1.54, 1.807) is 5.90 Å². The van der Waals surface area contributed by atoms with E-state index in [4.69, 9.17) is 25.3 Å². The molecule has 0 spiro atoms. The molecule has 0 aliphatic rings. The molecule has 0 aliphatic heterocycles. The molecule has 6 heteroatoms. The molecule has 0 nitrogen and oxygen atoms in total. The first-order valence-corrected chi connectivity index (χ1v) is 12.6. The standard InChI is InChI=1S/C10H8S2.C5H14P2.2Pt/c11-9-5-7-3-1-2-4-8(7)6-10(9)12;1-6(2)5-7(3)4;;/h1-6,11-12H;5H2,1-4H3;;. The van der Waals surface area contributed by atoms with E-state index in [-0.39, 0.29) is 58.0 Å². The maximum atomic E-state index is 5.08. The number of hydrogen-bond acceptors (Lipinski definition) is 2. The van der Waals surface area contributed by atoms with Crippen LogP contribution in [0.4, 0.5) is 0 Å². The molecule has 0 atom stereocenters. The Morgan fingerprint density at radius 3 is 1.33 bits per heavy atom. The minimum absolute atomic E-state index is 0. The largest absolute Gasteiger partial charge is 0.781 e. The fourth-order valence-electron chi connectivity index (χ4n) is 1.91. The van der Waals surface area contributed by atoms with E-state index in [2.05, 4.69) is 26.7 Å². The molecule has 21 heavy (non-hydrogen) atoms. The van der Waals surface area contributed by atoms with Crippen molar-refractivity contribution in [3.63, 3.8) is 0 Å². The molecule has 0 bridgehead atoms. The van der Waals surface area contributed by atoms with Crippen LogP contribution in [-0.4, -0.2) is 32.6 Å². The first-order chi connectivity index (χ1) is 8.90. The van der Waals surface area contributed by atoms with E-state index < -0.39 is 0 Å². The van der Waals surface area contributed by atoms with E-state index in [0.29, 0.717) is 0 Å². The number of hydrogen-bond donors (Lipinski definition) is 0. The van der Waals surface area contributed by atoms with Crippen molar-refractivity contribution in [3.8, 4) is 0 Å². The van der Waals surface area contributed by atoms with Gasteiger partial charge < -0.3 is 25.3 Å². The average molecular weight is 719 g/mol. The topological polar surface area (TPSA) is 0 Å². The van der Waals surface area contributed by atoms with E-state index in [1.165, 1.54) is 0 Å². The van der Waals surface area contributed by atoms with E-state index in [0.717, 1.165) is 20.6 Å². The molecular weight excluding hydrogens is 696 g/mol. The predicted octanol–water partition coefficient (Wildman–Crippen LogP) is 4.54. The molecule has 124 valence electrons. The van der Waals surface area contributed by atoms with Gasteiger partial charge in [-0.05, 0) is 10.8 Å². The summed E-state index contributed by atoms with van der Waals surface area (Å²) in [5, 5.41) is 2.33. The normalized spacial score (nSPS) is 9.62. The van der Waals surface area contributed by atoms with Gasteiger partial charge in [-0.3, -0.25) is 0 Å². The summed E-state index contributed by atoms with van der Waals surface area (Å²) in [7, 11) is 0.222. The van der Waals surface area contributed by atoms with Gasteiger partial charge >= 0.3 is 0 Å². The average Bonchev–Trinajstić information content (AvgIpc) is 2.29. The Bertz CT molecular complexity index is 488. The molecule has 0 fully saturated rings. The fraction of sp³-hybridized carbons (Fsp3) is 0.333.